The molecule has 1 N–H and O–H groups in total. The molecule has 0 aromatic carbocycles. The maximum absolute atomic E-state index is 12.4. The molecule has 1 aliphatic carbocycles. The summed E-state index contributed by atoms with van der Waals surface area (Å²) in [6.45, 7) is 5.95. The van der Waals surface area contributed by atoms with Crippen LogP contribution in [0.1, 0.15) is 26.2 Å². The van der Waals surface area contributed by atoms with Crippen molar-refractivity contribution in [2.45, 2.75) is 31.7 Å². The standard InChI is InChI=1S/C15H28N2O3/c1-4-20-14(18)15(16-2,13-5-6-13)11-17-8-7-12(9-17)10-19-3/h12-13,16H,4-11H2,1-3H3. The first-order chi connectivity index (χ1) is 9.66. The van der Waals surface area contributed by atoms with E-state index in [1.807, 2.05) is 14.0 Å². The Morgan fingerprint density at radius 3 is 2.70 bits per heavy atom. The van der Waals surface area contributed by atoms with E-state index >= 15 is 0 Å². The van der Waals surface area contributed by atoms with Crippen LogP contribution in [0.25, 0.3) is 0 Å². The van der Waals surface area contributed by atoms with Crippen molar-refractivity contribution in [1.82, 2.24) is 10.2 Å². The Labute approximate surface area is 122 Å². The van der Waals surface area contributed by atoms with Gasteiger partial charge in [0.25, 0.3) is 0 Å². The van der Waals surface area contributed by atoms with Crippen molar-refractivity contribution in [3.05, 3.63) is 0 Å². The normalized spacial score (nSPS) is 26.4. The van der Waals surface area contributed by atoms with Crippen molar-refractivity contribution in [2.75, 3.05) is 47.0 Å². The number of ether oxygens (including phenoxy) is 2. The van der Waals surface area contributed by atoms with Gasteiger partial charge in [-0.05, 0) is 51.6 Å². The Morgan fingerprint density at radius 1 is 1.40 bits per heavy atom. The van der Waals surface area contributed by atoms with E-state index in [1.165, 1.54) is 0 Å². The number of hydrogen-bond donors (Lipinski definition) is 1. The van der Waals surface area contributed by atoms with Gasteiger partial charge in [0.2, 0.25) is 0 Å². The van der Waals surface area contributed by atoms with Crippen LogP contribution in [0.4, 0.5) is 0 Å². The maximum Gasteiger partial charge on any atom is 0.327 e. The monoisotopic (exact) mass is 284 g/mol. The largest absolute Gasteiger partial charge is 0.465 e. The number of carbonyl (C=O) groups is 1. The first-order valence-electron chi connectivity index (χ1n) is 7.73. The summed E-state index contributed by atoms with van der Waals surface area (Å²) in [4.78, 5) is 14.8. The van der Waals surface area contributed by atoms with Crippen LogP contribution < -0.4 is 5.32 Å². The molecule has 0 amide bonds. The smallest absolute Gasteiger partial charge is 0.327 e. The first-order valence-corrected chi connectivity index (χ1v) is 7.73. The Kier molecular flexibility index (Phi) is 5.41. The molecule has 2 unspecified atom stereocenters. The number of hydrogen-bond acceptors (Lipinski definition) is 5. The fraction of sp³-hybridized carbons (Fsp3) is 0.933. The minimum atomic E-state index is -0.516. The van der Waals surface area contributed by atoms with Crippen molar-refractivity contribution in [3.63, 3.8) is 0 Å². The second kappa shape index (κ2) is 6.87. The maximum atomic E-state index is 12.4. The minimum Gasteiger partial charge on any atom is -0.465 e. The molecule has 2 aliphatic rings. The van der Waals surface area contributed by atoms with Gasteiger partial charge in [-0.2, -0.15) is 0 Å². The number of likely N-dealkylation sites (N-methyl/N-ethyl adjacent to an activating group) is 1. The average molecular weight is 284 g/mol. The topological polar surface area (TPSA) is 50.8 Å². The van der Waals surface area contributed by atoms with Gasteiger partial charge in [-0.15, -0.1) is 0 Å². The molecule has 5 nitrogen and oxygen atoms in total. The molecule has 2 fully saturated rings. The molecule has 1 heterocycles. The zero-order valence-corrected chi connectivity index (χ0v) is 13.0. The van der Waals surface area contributed by atoms with E-state index in [0.29, 0.717) is 18.4 Å². The van der Waals surface area contributed by atoms with Crippen LogP contribution in [0.5, 0.6) is 0 Å². The van der Waals surface area contributed by atoms with E-state index in [4.69, 9.17) is 9.47 Å². The molecule has 20 heavy (non-hydrogen) atoms. The number of esters is 1. The number of nitrogens with zero attached hydrogens (tertiary/aromatic N) is 1. The van der Waals surface area contributed by atoms with Gasteiger partial charge in [0, 0.05) is 20.2 Å². The highest BCUT2D eigenvalue weighted by atomic mass is 16.5. The third-order valence-electron chi connectivity index (χ3n) is 4.61. The number of methoxy groups -OCH3 is 1. The average Bonchev–Trinajstić information content (AvgIpc) is 3.19. The summed E-state index contributed by atoms with van der Waals surface area (Å²) in [5.41, 5.74) is -0.516. The van der Waals surface area contributed by atoms with Gasteiger partial charge >= 0.3 is 5.97 Å². The minimum absolute atomic E-state index is 0.0832. The Hall–Kier alpha value is -0.650. The van der Waals surface area contributed by atoms with Crippen molar-refractivity contribution < 1.29 is 14.3 Å². The molecule has 1 saturated carbocycles. The van der Waals surface area contributed by atoms with Crippen molar-refractivity contribution >= 4 is 5.97 Å². The summed E-state index contributed by atoms with van der Waals surface area (Å²) in [6, 6.07) is 0. The highest BCUT2D eigenvalue weighted by Gasteiger charge is 2.52. The van der Waals surface area contributed by atoms with E-state index < -0.39 is 5.54 Å². The molecular weight excluding hydrogens is 256 g/mol. The van der Waals surface area contributed by atoms with Crippen molar-refractivity contribution in [2.24, 2.45) is 11.8 Å². The van der Waals surface area contributed by atoms with E-state index in [-0.39, 0.29) is 5.97 Å². The predicted molar refractivity (Wildman–Crippen MR) is 77.6 cm³/mol. The zero-order chi connectivity index (χ0) is 14.6. The molecule has 1 aliphatic heterocycles. The molecule has 2 atom stereocenters. The van der Waals surface area contributed by atoms with E-state index in [9.17, 15) is 4.79 Å². The first kappa shape index (κ1) is 15.7. The SMILES string of the molecule is CCOC(=O)C(CN1CCC(COC)C1)(NC)C1CC1. The van der Waals surface area contributed by atoms with Gasteiger partial charge in [0.15, 0.2) is 0 Å². The van der Waals surface area contributed by atoms with Crippen LogP contribution in [0.2, 0.25) is 0 Å². The summed E-state index contributed by atoms with van der Waals surface area (Å²) in [7, 11) is 3.64. The molecule has 2 rings (SSSR count). The number of likely N-dealkylation sites (tertiary alicyclic amines) is 1. The zero-order valence-electron chi connectivity index (χ0n) is 13.0. The van der Waals surface area contributed by atoms with Gasteiger partial charge < -0.3 is 19.7 Å². The summed E-state index contributed by atoms with van der Waals surface area (Å²) in [6.07, 6.45) is 3.39. The third kappa shape index (κ3) is 3.32. The quantitative estimate of drug-likeness (QED) is 0.671. The fourth-order valence-corrected chi connectivity index (χ4v) is 3.36. The highest BCUT2D eigenvalue weighted by Crippen LogP contribution is 2.41. The van der Waals surface area contributed by atoms with Crippen molar-refractivity contribution in [1.29, 1.82) is 0 Å². The van der Waals surface area contributed by atoms with Crippen LogP contribution in [0.3, 0.4) is 0 Å². The van der Waals surface area contributed by atoms with Crippen LogP contribution in [-0.2, 0) is 14.3 Å². The third-order valence-corrected chi connectivity index (χ3v) is 4.61. The van der Waals surface area contributed by atoms with Crippen LogP contribution in [-0.4, -0.2) is 63.4 Å². The lowest BCUT2D eigenvalue weighted by Crippen LogP contribution is -2.60. The Morgan fingerprint density at radius 2 is 2.15 bits per heavy atom. The molecule has 0 radical (unpaired) electrons. The Balaban J connectivity index is 1.99. The van der Waals surface area contributed by atoms with Gasteiger partial charge in [-0.1, -0.05) is 0 Å². The summed E-state index contributed by atoms with van der Waals surface area (Å²) in [5.74, 6) is 0.934. The van der Waals surface area contributed by atoms with Gasteiger partial charge in [0.05, 0.1) is 13.2 Å². The summed E-state index contributed by atoms with van der Waals surface area (Å²) in [5, 5.41) is 3.29. The second-order valence-electron chi connectivity index (χ2n) is 6.06. The lowest BCUT2D eigenvalue weighted by Gasteiger charge is -2.35. The number of carbonyl (C=O) groups excluding carboxylic acids is 1. The molecular formula is C15H28N2O3. The number of nitrogens with one attached hydrogen (secondary N) is 1. The van der Waals surface area contributed by atoms with Crippen molar-refractivity contribution in [3.8, 4) is 0 Å². The molecule has 5 heteroatoms. The molecule has 0 aromatic rings. The van der Waals surface area contributed by atoms with Crippen LogP contribution in [0.15, 0.2) is 0 Å². The molecule has 0 bridgehead atoms. The van der Waals surface area contributed by atoms with Gasteiger partial charge in [-0.3, -0.25) is 0 Å². The highest BCUT2D eigenvalue weighted by molar-refractivity contribution is 5.82. The number of rotatable bonds is 8. The van der Waals surface area contributed by atoms with Crippen LogP contribution in [0, 0.1) is 11.8 Å². The van der Waals surface area contributed by atoms with E-state index in [2.05, 4.69) is 10.2 Å². The Bertz CT molecular complexity index is 333. The van der Waals surface area contributed by atoms with Crippen LogP contribution >= 0.6 is 0 Å². The van der Waals surface area contributed by atoms with Gasteiger partial charge in [0.1, 0.15) is 5.54 Å². The second-order valence-corrected chi connectivity index (χ2v) is 6.06. The lowest BCUT2D eigenvalue weighted by molar-refractivity contribution is -0.153. The fourth-order valence-electron chi connectivity index (χ4n) is 3.36. The molecule has 1 saturated heterocycles. The predicted octanol–water partition coefficient (Wildman–Crippen LogP) is 0.886. The van der Waals surface area contributed by atoms with E-state index in [1.54, 1.807) is 7.11 Å². The lowest BCUT2D eigenvalue weighted by atomic mass is 9.92. The summed E-state index contributed by atoms with van der Waals surface area (Å²) < 4.78 is 10.6. The molecule has 0 aromatic heterocycles. The molecule has 116 valence electrons. The van der Waals surface area contributed by atoms with E-state index in [0.717, 1.165) is 45.5 Å². The summed E-state index contributed by atoms with van der Waals surface area (Å²) >= 11 is 0. The van der Waals surface area contributed by atoms with Gasteiger partial charge in [-0.25, -0.2) is 4.79 Å². The molecule has 0 spiro atoms.